The van der Waals surface area contributed by atoms with Crippen LogP contribution in [0.4, 0.5) is 10.1 Å². The zero-order chi connectivity index (χ0) is 19.0. The smallest absolute Gasteiger partial charge is 0.212 e. The van der Waals surface area contributed by atoms with Crippen molar-refractivity contribution in [3.63, 3.8) is 0 Å². The van der Waals surface area contributed by atoms with Gasteiger partial charge in [-0.15, -0.1) is 0 Å². The minimum atomic E-state index is -0.351. The second-order valence-corrected chi connectivity index (χ2v) is 7.23. The number of halogens is 1. The molecule has 1 N–H and O–H groups in total. The number of piperidine rings is 1. The van der Waals surface area contributed by atoms with Gasteiger partial charge in [-0.1, -0.05) is 31.2 Å². The second-order valence-electron chi connectivity index (χ2n) is 7.23. The second kappa shape index (κ2) is 6.99. The fraction of sp³-hybridized carbons (Fsp3) is 0.273. The molecule has 0 aromatic heterocycles. The molecule has 4 rings (SSSR count). The van der Waals surface area contributed by atoms with Crippen molar-refractivity contribution >= 4 is 17.3 Å². The van der Waals surface area contributed by atoms with Crippen LogP contribution in [0.25, 0.3) is 0 Å². The van der Waals surface area contributed by atoms with E-state index in [0.29, 0.717) is 28.4 Å². The third kappa shape index (κ3) is 3.25. The summed E-state index contributed by atoms with van der Waals surface area (Å²) in [4.78, 5) is 28.4. The number of fused-ring (bicyclic) bond motifs is 1. The molecule has 1 aliphatic carbocycles. The maximum atomic E-state index is 13.2. The molecule has 0 atom stereocenters. The Kier molecular flexibility index (Phi) is 4.52. The number of nitrogens with one attached hydrogen (secondary N) is 1. The molecule has 0 amide bonds. The third-order valence-electron chi connectivity index (χ3n) is 5.31. The van der Waals surface area contributed by atoms with E-state index in [9.17, 15) is 14.0 Å². The monoisotopic (exact) mass is 364 g/mol. The van der Waals surface area contributed by atoms with Crippen molar-refractivity contribution in [3.05, 3.63) is 76.9 Å². The van der Waals surface area contributed by atoms with E-state index < -0.39 is 0 Å². The van der Waals surface area contributed by atoms with Crippen LogP contribution in [0, 0.1) is 11.7 Å². The largest absolute Gasteiger partial charge is 0.367 e. The summed E-state index contributed by atoms with van der Waals surface area (Å²) in [6.07, 6.45) is 1.97. The Hall–Kier alpha value is -2.95. The van der Waals surface area contributed by atoms with E-state index in [1.54, 1.807) is 36.4 Å². The van der Waals surface area contributed by atoms with Crippen molar-refractivity contribution in [3.8, 4) is 0 Å². The zero-order valence-corrected chi connectivity index (χ0v) is 15.2. The van der Waals surface area contributed by atoms with Gasteiger partial charge in [0, 0.05) is 29.9 Å². The maximum Gasteiger partial charge on any atom is 0.212 e. The molecule has 5 heteroatoms. The summed E-state index contributed by atoms with van der Waals surface area (Å²) in [7, 11) is 0. The molecule has 27 heavy (non-hydrogen) atoms. The lowest BCUT2D eigenvalue weighted by atomic mass is 9.88. The fourth-order valence-electron chi connectivity index (χ4n) is 3.69. The van der Waals surface area contributed by atoms with Crippen molar-refractivity contribution < 1.29 is 14.0 Å². The molecule has 0 saturated carbocycles. The molecule has 4 nitrogen and oxygen atoms in total. The molecular formula is C22H21FN2O2. The van der Waals surface area contributed by atoms with Crippen molar-refractivity contribution in [1.82, 2.24) is 4.90 Å². The molecule has 2 aliphatic rings. The number of likely N-dealkylation sites (tertiary alicyclic amines) is 1. The van der Waals surface area contributed by atoms with Crippen LogP contribution in [-0.4, -0.2) is 29.6 Å². The molecule has 1 aliphatic heterocycles. The highest BCUT2D eigenvalue weighted by Gasteiger charge is 2.36. The lowest BCUT2D eigenvalue weighted by Gasteiger charge is -2.36. The van der Waals surface area contributed by atoms with E-state index in [2.05, 4.69) is 12.2 Å². The Balaban J connectivity index is 1.79. The van der Waals surface area contributed by atoms with Gasteiger partial charge in [0.15, 0.2) is 0 Å². The van der Waals surface area contributed by atoms with Gasteiger partial charge in [-0.05, 0) is 43.0 Å². The van der Waals surface area contributed by atoms with Gasteiger partial charge in [0.05, 0.1) is 0 Å². The Morgan fingerprint density at radius 2 is 1.52 bits per heavy atom. The molecule has 1 saturated heterocycles. The van der Waals surface area contributed by atoms with Crippen LogP contribution in [0.2, 0.25) is 0 Å². The fourth-order valence-corrected chi connectivity index (χ4v) is 3.69. The number of hydrogen-bond acceptors (Lipinski definition) is 4. The van der Waals surface area contributed by atoms with E-state index >= 15 is 0 Å². The number of allylic oxidation sites excluding steroid dienone is 2. The molecule has 138 valence electrons. The topological polar surface area (TPSA) is 49.4 Å². The van der Waals surface area contributed by atoms with Crippen molar-refractivity contribution in [2.24, 2.45) is 5.92 Å². The molecule has 2 aromatic carbocycles. The first-order valence-electron chi connectivity index (χ1n) is 9.25. The van der Waals surface area contributed by atoms with Gasteiger partial charge in [0.2, 0.25) is 11.6 Å². The first-order chi connectivity index (χ1) is 13.0. The van der Waals surface area contributed by atoms with Crippen molar-refractivity contribution in [2.45, 2.75) is 19.8 Å². The van der Waals surface area contributed by atoms with Crippen molar-refractivity contribution in [2.75, 3.05) is 18.4 Å². The lowest BCUT2D eigenvalue weighted by Crippen LogP contribution is -2.40. The minimum absolute atomic E-state index is 0.135. The van der Waals surface area contributed by atoms with Crippen LogP contribution in [0.5, 0.6) is 0 Å². The molecular weight excluding hydrogens is 343 g/mol. The van der Waals surface area contributed by atoms with Gasteiger partial charge in [-0.25, -0.2) is 4.39 Å². The summed E-state index contributed by atoms with van der Waals surface area (Å²) in [6, 6.07) is 12.7. The van der Waals surface area contributed by atoms with Gasteiger partial charge in [-0.3, -0.25) is 9.59 Å². The van der Waals surface area contributed by atoms with Crippen LogP contribution in [-0.2, 0) is 0 Å². The Labute approximate surface area is 157 Å². The average molecular weight is 364 g/mol. The molecule has 0 spiro atoms. The number of carbonyl (C=O) groups is 2. The molecule has 0 bridgehead atoms. The van der Waals surface area contributed by atoms with Gasteiger partial charge < -0.3 is 10.2 Å². The highest BCUT2D eigenvalue weighted by atomic mass is 19.1. The summed E-state index contributed by atoms with van der Waals surface area (Å²) in [5, 5.41) is 3.09. The Morgan fingerprint density at radius 3 is 2.15 bits per heavy atom. The molecule has 1 heterocycles. The Bertz CT molecular complexity index is 926. The standard InChI is InChI=1S/C22H21FN2O2/c1-14-10-12-25(13-11-14)20-19(24-16-8-6-15(23)7-9-16)21(26)17-4-2-3-5-18(17)22(20)27/h2-9,14,24H,10-13H2,1H3. The zero-order valence-electron chi connectivity index (χ0n) is 15.2. The number of carbonyl (C=O) groups excluding carboxylic acids is 2. The summed E-state index contributed by atoms with van der Waals surface area (Å²) >= 11 is 0. The van der Waals surface area contributed by atoms with Gasteiger partial charge in [0.1, 0.15) is 17.2 Å². The summed E-state index contributed by atoms with van der Waals surface area (Å²) in [6.45, 7) is 3.69. The Morgan fingerprint density at radius 1 is 0.926 bits per heavy atom. The molecule has 0 radical (unpaired) electrons. The number of benzene rings is 2. The van der Waals surface area contributed by atoms with Crippen LogP contribution in [0.3, 0.4) is 0 Å². The SMILES string of the molecule is CC1CCN(C2=C(Nc3ccc(F)cc3)C(=O)c3ccccc3C2=O)CC1. The van der Waals surface area contributed by atoms with E-state index in [4.69, 9.17) is 0 Å². The number of anilines is 1. The van der Waals surface area contributed by atoms with Crippen LogP contribution in [0.1, 0.15) is 40.5 Å². The van der Waals surface area contributed by atoms with Crippen LogP contribution >= 0.6 is 0 Å². The number of hydrogen-bond donors (Lipinski definition) is 1. The third-order valence-corrected chi connectivity index (χ3v) is 5.31. The quantitative estimate of drug-likeness (QED) is 0.884. The first kappa shape index (κ1) is 17.5. The van der Waals surface area contributed by atoms with Crippen molar-refractivity contribution in [1.29, 1.82) is 0 Å². The predicted molar refractivity (Wildman–Crippen MR) is 102 cm³/mol. The number of Topliss-reactive ketones (excluding diaryl/α,β-unsaturated/α-hetero) is 2. The minimum Gasteiger partial charge on any atom is -0.367 e. The van der Waals surface area contributed by atoms with Gasteiger partial charge in [-0.2, -0.15) is 0 Å². The molecule has 1 fully saturated rings. The number of rotatable bonds is 3. The molecule has 2 aromatic rings. The van der Waals surface area contributed by atoms with E-state index in [0.717, 1.165) is 25.9 Å². The van der Waals surface area contributed by atoms with Crippen LogP contribution in [0.15, 0.2) is 59.9 Å². The van der Waals surface area contributed by atoms with Gasteiger partial charge >= 0.3 is 0 Å². The number of ketones is 2. The normalized spacial score (nSPS) is 17.9. The first-order valence-corrected chi connectivity index (χ1v) is 9.25. The summed E-state index contributed by atoms with van der Waals surface area (Å²) in [5.41, 5.74) is 2.13. The molecule has 0 unspecified atom stereocenters. The highest BCUT2D eigenvalue weighted by molar-refractivity contribution is 6.27. The summed E-state index contributed by atoms with van der Waals surface area (Å²) in [5.74, 6) is -0.0827. The lowest BCUT2D eigenvalue weighted by molar-refractivity contribution is 0.0928. The van der Waals surface area contributed by atoms with E-state index in [-0.39, 0.29) is 23.1 Å². The highest BCUT2D eigenvalue weighted by Crippen LogP contribution is 2.31. The maximum absolute atomic E-state index is 13.2. The van der Waals surface area contributed by atoms with E-state index in [1.807, 2.05) is 4.90 Å². The van der Waals surface area contributed by atoms with Gasteiger partial charge in [0.25, 0.3) is 0 Å². The predicted octanol–water partition coefficient (Wildman–Crippen LogP) is 4.26. The van der Waals surface area contributed by atoms with E-state index in [1.165, 1.54) is 12.1 Å². The van der Waals surface area contributed by atoms with Crippen LogP contribution < -0.4 is 5.32 Å². The number of nitrogens with zero attached hydrogens (tertiary/aromatic N) is 1. The average Bonchev–Trinajstić information content (AvgIpc) is 2.69. The summed E-state index contributed by atoms with van der Waals surface area (Å²) < 4.78 is 13.2.